The fourth-order valence-corrected chi connectivity index (χ4v) is 2.38. The van der Waals surface area contributed by atoms with Crippen molar-refractivity contribution in [2.75, 3.05) is 14.2 Å². The number of hydrogen-bond acceptors (Lipinski definition) is 2. The Morgan fingerprint density at radius 3 is 2.50 bits per heavy atom. The van der Waals surface area contributed by atoms with Crippen LogP contribution >= 0.6 is 0 Å². The molecule has 0 bridgehead atoms. The van der Waals surface area contributed by atoms with Crippen LogP contribution in [0.1, 0.15) is 10.7 Å². The van der Waals surface area contributed by atoms with Gasteiger partial charge in [0, 0.05) is 0 Å². The molecule has 0 amide bonds. The molecule has 0 saturated carbocycles. The molecule has 1 rings (SSSR count). The SMILES string of the molecule is COC(OC)c1ccc[se]1. The fraction of sp³-hybridized carbons (Fsp3) is 0.429. The van der Waals surface area contributed by atoms with Crippen LogP contribution in [0.25, 0.3) is 0 Å². The van der Waals surface area contributed by atoms with Crippen molar-refractivity contribution in [1.29, 1.82) is 0 Å². The summed E-state index contributed by atoms with van der Waals surface area (Å²) in [6, 6.07) is 4.10. The zero-order valence-electron chi connectivity index (χ0n) is 6.03. The molecule has 0 radical (unpaired) electrons. The Morgan fingerprint density at radius 2 is 2.10 bits per heavy atom. The van der Waals surface area contributed by atoms with Crippen LogP contribution in [0.15, 0.2) is 17.1 Å². The zero-order valence-corrected chi connectivity index (χ0v) is 7.75. The molecule has 0 fully saturated rings. The molecule has 56 valence electrons. The summed E-state index contributed by atoms with van der Waals surface area (Å²) in [7, 11) is 3.31. The normalized spacial score (nSPS) is 10.7. The Hall–Kier alpha value is -0.0805. The van der Waals surface area contributed by atoms with Crippen molar-refractivity contribution in [3.05, 3.63) is 21.5 Å². The van der Waals surface area contributed by atoms with Crippen molar-refractivity contribution < 1.29 is 9.47 Å². The number of rotatable bonds is 3. The van der Waals surface area contributed by atoms with Gasteiger partial charge in [-0.05, 0) is 0 Å². The minimum atomic E-state index is -0.130. The molecule has 0 aromatic carbocycles. The van der Waals surface area contributed by atoms with Gasteiger partial charge in [-0.25, -0.2) is 0 Å². The molecule has 0 aliphatic heterocycles. The van der Waals surface area contributed by atoms with Gasteiger partial charge in [0.15, 0.2) is 0 Å². The van der Waals surface area contributed by atoms with Crippen LogP contribution in [0.4, 0.5) is 0 Å². The van der Waals surface area contributed by atoms with Gasteiger partial charge in [0.05, 0.1) is 0 Å². The van der Waals surface area contributed by atoms with Crippen molar-refractivity contribution in [2.24, 2.45) is 0 Å². The van der Waals surface area contributed by atoms with E-state index in [1.807, 2.05) is 6.07 Å². The Morgan fingerprint density at radius 1 is 1.40 bits per heavy atom. The molecular formula is C7H10O2Se. The molecule has 0 saturated heterocycles. The average molecular weight is 205 g/mol. The van der Waals surface area contributed by atoms with E-state index in [4.69, 9.17) is 9.47 Å². The maximum absolute atomic E-state index is 5.07. The second-order valence-corrected chi connectivity index (χ2v) is 3.87. The van der Waals surface area contributed by atoms with Gasteiger partial charge in [0.2, 0.25) is 0 Å². The number of hydrogen-bond donors (Lipinski definition) is 0. The Bertz CT molecular complexity index is 168. The van der Waals surface area contributed by atoms with Gasteiger partial charge in [-0.2, -0.15) is 0 Å². The summed E-state index contributed by atoms with van der Waals surface area (Å²) in [4.78, 5) is 2.15. The van der Waals surface area contributed by atoms with Crippen molar-refractivity contribution in [3.63, 3.8) is 0 Å². The molecule has 1 aromatic rings. The van der Waals surface area contributed by atoms with E-state index in [1.165, 1.54) is 4.44 Å². The van der Waals surface area contributed by atoms with Gasteiger partial charge >= 0.3 is 66.0 Å². The van der Waals surface area contributed by atoms with Crippen LogP contribution < -0.4 is 0 Å². The Kier molecular flexibility index (Phi) is 3.16. The third-order valence-corrected chi connectivity index (χ3v) is 3.08. The molecule has 1 heterocycles. The van der Waals surface area contributed by atoms with Gasteiger partial charge in [-0.15, -0.1) is 0 Å². The van der Waals surface area contributed by atoms with E-state index in [1.54, 1.807) is 14.2 Å². The summed E-state index contributed by atoms with van der Waals surface area (Å²) in [5.74, 6) is 0. The number of ether oxygens (including phenoxy) is 2. The van der Waals surface area contributed by atoms with Crippen LogP contribution in [-0.4, -0.2) is 28.7 Å². The molecule has 0 aliphatic carbocycles. The molecule has 0 unspecified atom stereocenters. The first-order valence-corrected chi connectivity index (χ1v) is 4.82. The van der Waals surface area contributed by atoms with E-state index >= 15 is 0 Å². The average Bonchev–Trinajstić information content (AvgIpc) is 2.43. The summed E-state index contributed by atoms with van der Waals surface area (Å²) in [5.41, 5.74) is 0. The summed E-state index contributed by atoms with van der Waals surface area (Å²) >= 11 is 0.441. The second-order valence-electron chi connectivity index (χ2n) is 1.82. The molecule has 0 aliphatic rings. The molecule has 10 heavy (non-hydrogen) atoms. The third kappa shape index (κ3) is 1.70. The van der Waals surface area contributed by atoms with E-state index in [-0.39, 0.29) is 6.29 Å². The van der Waals surface area contributed by atoms with Gasteiger partial charge < -0.3 is 0 Å². The first kappa shape index (κ1) is 8.02. The maximum atomic E-state index is 5.07. The summed E-state index contributed by atoms with van der Waals surface area (Å²) in [5, 5.41) is 0. The molecule has 1 aromatic heterocycles. The van der Waals surface area contributed by atoms with Crippen LogP contribution in [0, 0.1) is 0 Å². The van der Waals surface area contributed by atoms with Gasteiger partial charge in [-0.1, -0.05) is 0 Å². The zero-order chi connectivity index (χ0) is 7.40. The first-order chi connectivity index (χ1) is 4.88. The third-order valence-electron chi connectivity index (χ3n) is 1.20. The Labute approximate surface area is 66.5 Å². The molecule has 0 spiro atoms. The van der Waals surface area contributed by atoms with E-state index < -0.39 is 0 Å². The Balaban J connectivity index is 2.64. The van der Waals surface area contributed by atoms with Crippen LogP contribution in [-0.2, 0) is 9.47 Å². The topological polar surface area (TPSA) is 18.5 Å². The standard InChI is InChI=1S/C7H10O2Se/c1-8-7(9-2)6-4-3-5-10-6/h3-5,7H,1-2H3. The molecule has 0 atom stereocenters. The van der Waals surface area contributed by atoms with Crippen molar-refractivity contribution in [3.8, 4) is 0 Å². The van der Waals surface area contributed by atoms with E-state index in [0.29, 0.717) is 14.5 Å². The monoisotopic (exact) mass is 206 g/mol. The summed E-state index contributed by atoms with van der Waals surface area (Å²) < 4.78 is 11.4. The van der Waals surface area contributed by atoms with Crippen LogP contribution in [0.5, 0.6) is 0 Å². The number of methoxy groups -OCH3 is 2. The van der Waals surface area contributed by atoms with Crippen molar-refractivity contribution in [1.82, 2.24) is 0 Å². The molecular weight excluding hydrogens is 195 g/mol. The van der Waals surface area contributed by atoms with Gasteiger partial charge in [0.25, 0.3) is 0 Å². The quantitative estimate of drug-likeness (QED) is 0.542. The van der Waals surface area contributed by atoms with E-state index in [9.17, 15) is 0 Å². The second kappa shape index (κ2) is 3.94. The first-order valence-electron chi connectivity index (χ1n) is 2.97. The molecule has 0 N–H and O–H groups in total. The van der Waals surface area contributed by atoms with Crippen molar-refractivity contribution >= 4 is 14.5 Å². The van der Waals surface area contributed by atoms with Gasteiger partial charge in [0.1, 0.15) is 0 Å². The van der Waals surface area contributed by atoms with E-state index in [0.717, 1.165) is 0 Å². The van der Waals surface area contributed by atoms with Crippen LogP contribution in [0.2, 0.25) is 0 Å². The molecule has 2 nitrogen and oxygen atoms in total. The fourth-order valence-electron chi connectivity index (χ4n) is 0.754. The predicted octanol–water partition coefficient (Wildman–Crippen LogP) is 1.03. The summed E-state index contributed by atoms with van der Waals surface area (Å²) in [6.45, 7) is 0. The molecule has 3 heteroatoms. The minimum absolute atomic E-state index is 0.130. The summed E-state index contributed by atoms with van der Waals surface area (Å²) in [6.07, 6.45) is -0.130. The van der Waals surface area contributed by atoms with E-state index in [2.05, 4.69) is 11.0 Å². The van der Waals surface area contributed by atoms with Crippen molar-refractivity contribution in [2.45, 2.75) is 6.29 Å². The predicted molar refractivity (Wildman–Crippen MR) is 40.1 cm³/mol. The van der Waals surface area contributed by atoms with Gasteiger partial charge in [-0.3, -0.25) is 0 Å². The van der Waals surface area contributed by atoms with Crippen LogP contribution in [0.3, 0.4) is 0 Å².